The third-order valence-corrected chi connectivity index (χ3v) is 8.88. The average molecular weight is 774 g/mol. The zero-order valence-corrected chi connectivity index (χ0v) is 27.5. The van der Waals surface area contributed by atoms with Gasteiger partial charge in [-0.15, -0.1) is 47.6 Å². The normalized spacial score (nSPS) is 12.7. The summed E-state index contributed by atoms with van der Waals surface area (Å²) >= 11 is 0. The number of hydrogen-bond acceptors (Lipinski definition) is 3. The van der Waals surface area contributed by atoms with Crippen molar-refractivity contribution in [3.8, 4) is 28.2 Å². The van der Waals surface area contributed by atoms with Crippen LogP contribution < -0.4 is 9.80 Å². The summed E-state index contributed by atoms with van der Waals surface area (Å²) in [5.74, 6) is 0.885. The van der Waals surface area contributed by atoms with E-state index in [2.05, 4.69) is 179 Å². The molecule has 0 spiro atoms. The molecule has 0 aliphatic carbocycles. The first-order valence-corrected chi connectivity index (χ1v) is 15.1. The van der Waals surface area contributed by atoms with Crippen LogP contribution in [0.3, 0.4) is 0 Å². The van der Waals surface area contributed by atoms with Gasteiger partial charge in [0.2, 0.25) is 0 Å². The van der Waals surface area contributed by atoms with Gasteiger partial charge in [-0.1, -0.05) is 83.9 Å². The molecule has 0 fully saturated rings. The van der Waals surface area contributed by atoms with Crippen molar-refractivity contribution in [2.24, 2.45) is 7.05 Å². The Morgan fingerprint density at radius 2 is 1.37 bits per heavy atom. The average Bonchev–Trinajstić information content (AvgIpc) is 3.74. The van der Waals surface area contributed by atoms with E-state index in [0.717, 1.165) is 55.9 Å². The molecule has 0 unspecified atom stereocenters. The fourth-order valence-corrected chi connectivity index (χ4v) is 6.81. The Kier molecular flexibility index (Phi) is 6.81. The first-order valence-electron chi connectivity index (χ1n) is 15.1. The van der Waals surface area contributed by atoms with Crippen LogP contribution in [-0.4, -0.2) is 21.2 Å². The molecule has 2 aromatic heterocycles. The predicted octanol–water partition coefficient (Wildman–Crippen LogP) is 9.31. The van der Waals surface area contributed by atoms with Gasteiger partial charge in [-0.3, -0.25) is 4.98 Å². The molecule has 226 valence electrons. The van der Waals surface area contributed by atoms with Crippen molar-refractivity contribution in [1.29, 1.82) is 0 Å². The summed E-state index contributed by atoms with van der Waals surface area (Å²) in [6.07, 6.45) is 0. The number of nitrogens with zero attached hydrogens (tertiary/aromatic N) is 5. The summed E-state index contributed by atoms with van der Waals surface area (Å²) in [6.45, 7) is 2.12. The number of para-hydroxylation sites is 4. The summed E-state index contributed by atoms with van der Waals surface area (Å²) in [5.41, 5.74) is 11.7. The van der Waals surface area contributed by atoms with Gasteiger partial charge in [0.15, 0.2) is 0 Å². The maximum Gasteiger partial charge on any atom is 0.0777 e. The molecule has 8 aromatic rings. The molecule has 1 aliphatic heterocycles. The first kappa shape index (κ1) is 28.4. The second-order valence-corrected chi connectivity index (χ2v) is 11.5. The number of aromatic nitrogens is 3. The van der Waals surface area contributed by atoms with Gasteiger partial charge in [-0.05, 0) is 47.8 Å². The Morgan fingerprint density at radius 1 is 0.630 bits per heavy atom. The first-order chi connectivity index (χ1) is 22.2. The summed E-state index contributed by atoms with van der Waals surface area (Å²) in [5, 5.41) is 2.33. The van der Waals surface area contributed by atoms with Gasteiger partial charge in [0.05, 0.1) is 16.9 Å². The van der Waals surface area contributed by atoms with Crippen LogP contribution in [0.25, 0.3) is 61.0 Å². The molecule has 5 nitrogen and oxygen atoms in total. The Labute approximate surface area is 282 Å². The molecule has 6 heteroatoms. The van der Waals surface area contributed by atoms with E-state index in [-0.39, 0.29) is 21.1 Å². The van der Waals surface area contributed by atoms with Crippen LogP contribution in [0.15, 0.2) is 127 Å². The summed E-state index contributed by atoms with van der Waals surface area (Å²) in [4.78, 5) is 9.48. The van der Waals surface area contributed by atoms with Crippen molar-refractivity contribution in [2.45, 2.75) is 0 Å². The molecule has 3 heterocycles. The van der Waals surface area contributed by atoms with Crippen LogP contribution in [-0.2, 0) is 28.1 Å². The summed E-state index contributed by atoms with van der Waals surface area (Å²) < 4.78 is 4.48. The van der Waals surface area contributed by atoms with E-state index < -0.39 is 0 Å². The summed E-state index contributed by atoms with van der Waals surface area (Å²) in [7, 11) is 4.18. The maximum absolute atomic E-state index is 5.13. The topological polar surface area (TPSA) is 29.2 Å². The van der Waals surface area contributed by atoms with E-state index in [4.69, 9.17) is 4.98 Å². The van der Waals surface area contributed by atoms with Crippen molar-refractivity contribution in [1.82, 2.24) is 14.1 Å². The van der Waals surface area contributed by atoms with E-state index in [1.54, 1.807) is 0 Å². The van der Waals surface area contributed by atoms with Crippen molar-refractivity contribution in [3.63, 3.8) is 0 Å². The molecule has 0 amide bonds. The number of hydrogen-bond donors (Lipinski definition) is 0. The zero-order chi connectivity index (χ0) is 30.1. The number of imidazole rings is 1. The van der Waals surface area contributed by atoms with Crippen LogP contribution in [0.5, 0.6) is 0 Å². The Morgan fingerprint density at radius 3 is 2.24 bits per heavy atom. The van der Waals surface area contributed by atoms with Crippen LogP contribution in [0.2, 0.25) is 0 Å². The second-order valence-electron chi connectivity index (χ2n) is 11.5. The monoisotopic (exact) mass is 773 g/mol. The standard InChI is InChI=1S/C40H28N5.Pt/c1-42-26-44(37-21-9-8-20-36(37)42)29-14-10-15-30(25-29)45-35-19-7-6-16-32(35)33-23-22-28(24-38(33)45)40-41-34-18-11-17-31(39(34)43(40)2)27-12-4-3-5-13-27;/h3-23,26H,1-2H3;/q-3;. The molecule has 0 N–H and O–H groups in total. The molecule has 0 bridgehead atoms. The van der Waals surface area contributed by atoms with E-state index in [1.807, 2.05) is 0 Å². The summed E-state index contributed by atoms with van der Waals surface area (Å²) in [6, 6.07) is 52.1. The third-order valence-electron chi connectivity index (χ3n) is 8.88. The van der Waals surface area contributed by atoms with Gasteiger partial charge in [0.1, 0.15) is 0 Å². The molecule has 9 rings (SSSR count). The number of rotatable bonds is 4. The van der Waals surface area contributed by atoms with Gasteiger partial charge in [0, 0.05) is 50.6 Å². The van der Waals surface area contributed by atoms with Crippen LogP contribution >= 0.6 is 0 Å². The Balaban J connectivity index is 0.00000312. The number of fused-ring (bicyclic) bond motifs is 5. The van der Waals surface area contributed by atoms with Gasteiger partial charge in [0.25, 0.3) is 0 Å². The number of benzene rings is 6. The van der Waals surface area contributed by atoms with Crippen LogP contribution in [0.1, 0.15) is 0 Å². The molecule has 0 saturated heterocycles. The molecular weight excluding hydrogens is 746 g/mol. The van der Waals surface area contributed by atoms with Gasteiger partial charge < -0.3 is 18.9 Å². The Hall–Kier alpha value is -5.12. The minimum atomic E-state index is 0. The fourth-order valence-electron chi connectivity index (χ4n) is 6.81. The van der Waals surface area contributed by atoms with Gasteiger partial charge in [-0.25, -0.2) is 0 Å². The SMILES string of the molecule is CN1[CH-]N(c2[c-]c(-n3c4[c-]c(-c5nc6cccc(-c7ccccc7)c6n5C)ccc4c4ccccc43)ccc2)c2ccccc21.[Pt]. The van der Waals surface area contributed by atoms with Gasteiger partial charge >= 0.3 is 0 Å². The molecular formula is C40H28N5Pt-3. The van der Waals surface area contributed by atoms with Crippen molar-refractivity contribution in [2.75, 3.05) is 16.8 Å². The second kappa shape index (κ2) is 11.0. The van der Waals surface area contributed by atoms with Crippen molar-refractivity contribution < 1.29 is 21.1 Å². The van der Waals surface area contributed by atoms with E-state index in [1.165, 1.54) is 22.2 Å². The maximum atomic E-state index is 5.13. The minimum Gasteiger partial charge on any atom is -0.504 e. The van der Waals surface area contributed by atoms with Gasteiger partial charge in [-0.2, -0.15) is 12.7 Å². The van der Waals surface area contributed by atoms with Crippen LogP contribution in [0, 0.1) is 18.8 Å². The molecule has 46 heavy (non-hydrogen) atoms. The largest absolute Gasteiger partial charge is 0.504 e. The molecule has 0 atom stereocenters. The quantitative estimate of drug-likeness (QED) is 0.167. The molecule has 1 aliphatic rings. The molecule has 6 aromatic carbocycles. The van der Waals surface area contributed by atoms with E-state index >= 15 is 0 Å². The van der Waals surface area contributed by atoms with Crippen molar-refractivity contribution in [3.05, 3.63) is 146 Å². The number of anilines is 3. The zero-order valence-electron chi connectivity index (χ0n) is 25.3. The molecule has 0 saturated carbocycles. The minimum absolute atomic E-state index is 0. The predicted molar refractivity (Wildman–Crippen MR) is 185 cm³/mol. The number of aryl methyl sites for hydroxylation is 1. The smallest absolute Gasteiger partial charge is 0.0777 e. The van der Waals surface area contributed by atoms with Crippen molar-refractivity contribution >= 4 is 49.9 Å². The fraction of sp³-hybridized carbons (Fsp3) is 0.0500. The molecule has 0 radical (unpaired) electrons. The van der Waals surface area contributed by atoms with E-state index in [9.17, 15) is 0 Å². The Bertz CT molecular complexity index is 2410. The van der Waals surface area contributed by atoms with E-state index in [0.29, 0.717) is 0 Å². The third kappa shape index (κ3) is 4.30. The van der Waals surface area contributed by atoms with Crippen LogP contribution in [0.4, 0.5) is 17.1 Å².